The monoisotopic (exact) mass is 259 g/mol. The summed E-state index contributed by atoms with van der Waals surface area (Å²) in [4.78, 5) is 0. The minimum atomic E-state index is 0.261. The molecule has 4 rings (SSSR count). The highest BCUT2D eigenvalue weighted by Gasteiger charge is 2.13. The smallest absolute Gasteiger partial charge is 0.163 e. The molecule has 0 saturated heterocycles. The lowest BCUT2D eigenvalue weighted by Crippen LogP contribution is -1.98. The summed E-state index contributed by atoms with van der Waals surface area (Å²) in [6.45, 7) is 0. The van der Waals surface area contributed by atoms with Crippen molar-refractivity contribution in [3.63, 3.8) is 0 Å². The van der Waals surface area contributed by atoms with Crippen molar-refractivity contribution in [3.8, 4) is 6.07 Å². The van der Waals surface area contributed by atoms with Crippen LogP contribution in [0.4, 0.5) is 0 Å². The molecule has 0 unspecified atom stereocenters. The van der Waals surface area contributed by atoms with Gasteiger partial charge in [-0.25, -0.2) is 0 Å². The minimum absolute atomic E-state index is 0.261. The Morgan fingerprint density at radius 2 is 1.45 bits per heavy atom. The van der Waals surface area contributed by atoms with E-state index in [0.29, 0.717) is 16.6 Å². The van der Waals surface area contributed by atoms with Crippen molar-refractivity contribution in [2.24, 2.45) is 0 Å². The zero-order valence-electron chi connectivity index (χ0n) is 10.0. The molecular weight excluding hydrogens is 254 g/mol. The van der Waals surface area contributed by atoms with E-state index >= 15 is 0 Å². The molecule has 4 aromatic rings. The first-order valence-electron chi connectivity index (χ1n) is 5.82. The number of nitriles is 1. The van der Waals surface area contributed by atoms with Crippen LogP contribution in [0.2, 0.25) is 0 Å². The van der Waals surface area contributed by atoms with Crippen LogP contribution < -0.4 is 0 Å². The Balaban J connectivity index is 2.39. The fourth-order valence-electron chi connectivity index (χ4n) is 2.32. The first-order chi connectivity index (χ1) is 9.88. The molecule has 0 spiro atoms. The van der Waals surface area contributed by atoms with Crippen LogP contribution in [0.15, 0.2) is 30.3 Å². The third-order valence-corrected chi connectivity index (χ3v) is 3.16. The summed E-state index contributed by atoms with van der Waals surface area (Å²) in [7, 11) is 0. The predicted octanol–water partition coefficient (Wildman–Crippen LogP) is 1.39. The highest BCUT2D eigenvalue weighted by molar-refractivity contribution is 6.21. The van der Waals surface area contributed by atoms with Gasteiger partial charge in [0.1, 0.15) is 22.6 Å². The number of fused-ring (bicyclic) bond motifs is 6. The Hall–Kier alpha value is -3.27. The Morgan fingerprint density at radius 3 is 2.25 bits per heavy atom. The minimum Gasteiger partial charge on any atom is -0.191 e. The van der Waals surface area contributed by atoms with Crippen molar-refractivity contribution in [2.45, 2.75) is 0 Å². The van der Waals surface area contributed by atoms with Crippen molar-refractivity contribution in [1.82, 2.24) is 30.8 Å². The molecule has 0 atom stereocenters. The van der Waals surface area contributed by atoms with Crippen molar-refractivity contribution in [1.29, 1.82) is 5.26 Å². The quantitative estimate of drug-likeness (QED) is 0.439. The van der Waals surface area contributed by atoms with E-state index in [1.807, 2.05) is 30.3 Å². The topological polar surface area (TPSA) is 101 Å². The van der Waals surface area contributed by atoms with Gasteiger partial charge < -0.3 is 0 Å². The largest absolute Gasteiger partial charge is 0.191 e. The Morgan fingerprint density at radius 1 is 0.750 bits per heavy atom. The molecule has 0 aliphatic heterocycles. The number of hydrogen-bond donors (Lipinski definition) is 0. The second kappa shape index (κ2) is 3.86. The maximum Gasteiger partial charge on any atom is 0.163 e. The molecule has 0 amide bonds. The maximum absolute atomic E-state index is 8.98. The normalized spacial score (nSPS) is 10.9. The van der Waals surface area contributed by atoms with Crippen LogP contribution in [-0.2, 0) is 0 Å². The van der Waals surface area contributed by atoms with Crippen LogP contribution in [0.5, 0.6) is 0 Å². The third-order valence-electron chi connectivity index (χ3n) is 3.16. The van der Waals surface area contributed by atoms with E-state index in [4.69, 9.17) is 5.26 Å². The van der Waals surface area contributed by atoms with Gasteiger partial charge in [-0.3, -0.25) is 0 Å². The zero-order valence-corrected chi connectivity index (χ0v) is 10.0. The standard InChI is InChI=1S/C13H5N7/c14-6-7-5-10-8-3-1-2-4-9(8)11-13(12(10)16-15-7)18-20-19-17-11/h1-5H. The van der Waals surface area contributed by atoms with E-state index in [-0.39, 0.29) is 5.69 Å². The first-order valence-corrected chi connectivity index (χ1v) is 5.82. The molecule has 2 aromatic heterocycles. The third kappa shape index (κ3) is 1.33. The molecule has 2 aromatic carbocycles. The summed E-state index contributed by atoms with van der Waals surface area (Å²) < 4.78 is 0. The van der Waals surface area contributed by atoms with E-state index in [2.05, 4.69) is 30.8 Å². The average Bonchev–Trinajstić information content (AvgIpc) is 2.54. The van der Waals surface area contributed by atoms with Crippen LogP contribution in [0.1, 0.15) is 5.69 Å². The summed E-state index contributed by atoms with van der Waals surface area (Å²) in [6, 6.07) is 11.4. The second-order valence-electron chi connectivity index (χ2n) is 4.23. The summed E-state index contributed by atoms with van der Waals surface area (Å²) in [6.07, 6.45) is 0. The number of benzene rings is 2. The summed E-state index contributed by atoms with van der Waals surface area (Å²) in [5.41, 5.74) is 1.99. The molecule has 0 aliphatic carbocycles. The van der Waals surface area contributed by atoms with Gasteiger partial charge in [0.05, 0.1) is 0 Å². The van der Waals surface area contributed by atoms with Gasteiger partial charge in [-0.1, -0.05) is 24.3 Å². The lowest BCUT2D eigenvalue weighted by molar-refractivity contribution is 0.799. The Labute approximate surface area is 111 Å². The van der Waals surface area contributed by atoms with Crippen LogP contribution in [0.3, 0.4) is 0 Å². The molecule has 92 valence electrons. The maximum atomic E-state index is 8.98. The lowest BCUT2D eigenvalue weighted by Gasteiger charge is -2.05. The number of nitrogens with zero attached hydrogens (tertiary/aromatic N) is 7. The molecule has 2 heterocycles. The molecular formula is C13H5N7. The van der Waals surface area contributed by atoms with Crippen molar-refractivity contribution >= 4 is 32.7 Å². The van der Waals surface area contributed by atoms with E-state index < -0.39 is 0 Å². The van der Waals surface area contributed by atoms with E-state index in [9.17, 15) is 0 Å². The van der Waals surface area contributed by atoms with Gasteiger partial charge in [0.2, 0.25) is 0 Å². The number of hydrogen-bond acceptors (Lipinski definition) is 7. The number of aromatic nitrogens is 6. The van der Waals surface area contributed by atoms with E-state index in [1.165, 1.54) is 0 Å². The first kappa shape index (κ1) is 10.6. The van der Waals surface area contributed by atoms with Gasteiger partial charge in [-0.2, -0.15) is 5.26 Å². The summed E-state index contributed by atoms with van der Waals surface area (Å²) in [5, 5.41) is 34.8. The molecule has 0 radical (unpaired) electrons. The van der Waals surface area contributed by atoms with Gasteiger partial charge in [0.25, 0.3) is 0 Å². The summed E-state index contributed by atoms with van der Waals surface area (Å²) >= 11 is 0. The van der Waals surface area contributed by atoms with Gasteiger partial charge in [-0.05, 0) is 21.9 Å². The van der Waals surface area contributed by atoms with Crippen molar-refractivity contribution in [2.75, 3.05) is 0 Å². The van der Waals surface area contributed by atoms with Crippen LogP contribution in [0, 0.1) is 11.3 Å². The molecule has 0 fully saturated rings. The average molecular weight is 259 g/mol. The molecule has 0 N–H and O–H groups in total. The Kier molecular flexibility index (Phi) is 2.05. The molecule has 20 heavy (non-hydrogen) atoms. The van der Waals surface area contributed by atoms with Crippen LogP contribution in [-0.4, -0.2) is 30.8 Å². The van der Waals surface area contributed by atoms with Gasteiger partial charge in [0, 0.05) is 10.8 Å². The Bertz CT molecular complexity index is 984. The fraction of sp³-hybridized carbons (Fsp3) is 0. The molecule has 0 saturated carbocycles. The fourth-order valence-corrected chi connectivity index (χ4v) is 2.32. The zero-order chi connectivity index (χ0) is 13.5. The number of rotatable bonds is 0. The highest BCUT2D eigenvalue weighted by Crippen LogP contribution is 2.30. The summed E-state index contributed by atoms with van der Waals surface area (Å²) in [5.74, 6) is 0. The SMILES string of the molecule is N#Cc1cc2c3ccccc3c3nnnnc3c2nn1. The van der Waals surface area contributed by atoms with Gasteiger partial charge >= 0.3 is 0 Å². The van der Waals surface area contributed by atoms with Crippen molar-refractivity contribution < 1.29 is 0 Å². The molecule has 7 heteroatoms. The van der Waals surface area contributed by atoms with Crippen LogP contribution in [0.25, 0.3) is 32.7 Å². The molecule has 0 aliphatic rings. The predicted molar refractivity (Wildman–Crippen MR) is 70.4 cm³/mol. The second-order valence-corrected chi connectivity index (χ2v) is 4.23. The van der Waals surface area contributed by atoms with E-state index in [0.717, 1.165) is 16.2 Å². The van der Waals surface area contributed by atoms with E-state index in [1.54, 1.807) is 6.07 Å². The van der Waals surface area contributed by atoms with Crippen LogP contribution >= 0.6 is 0 Å². The van der Waals surface area contributed by atoms with Crippen molar-refractivity contribution in [3.05, 3.63) is 36.0 Å². The van der Waals surface area contributed by atoms with Gasteiger partial charge in [0.15, 0.2) is 5.69 Å². The molecule has 0 bridgehead atoms. The molecule has 7 nitrogen and oxygen atoms in total. The lowest BCUT2D eigenvalue weighted by atomic mass is 10.0. The van der Waals surface area contributed by atoms with Gasteiger partial charge in [-0.15, -0.1) is 20.4 Å². The highest BCUT2D eigenvalue weighted by atomic mass is 15.4.